The lowest BCUT2D eigenvalue weighted by Gasteiger charge is -2.42. The van der Waals surface area contributed by atoms with E-state index in [-0.39, 0.29) is 0 Å². The highest BCUT2D eigenvalue weighted by atomic mass is 14.4. The van der Waals surface area contributed by atoms with Crippen molar-refractivity contribution in [2.24, 2.45) is 29.6 Å². The van der Waals surface area contributed by atoms with Gasteiger partial charge in [0.05, 0.1) is 0 Å². The first-order chi connectivity index (χ1) is 7.18. The standard InChI is InChI=1S/C15H28/c1-11-9-15(10-12(2)13(11)3)14-7-5-4-6-8-14/h11-15H,4-10H2,1-3H3. The SMILES string of the molecule is CC1CC(C2CCCCC2)CC(C)C1C. The summed E-state index contributed by atoms with van der Waals surface area (Å²) in [5.74, 6) is 5.08. The average molecular weight is 208 g/mol. The summed E-state index contributed by atoms with van der Waals surface area (Å²) in [5, 5.41) is 0. The van der Waals surface area contributed by atoms with Crippen molar-refractivity contribution in [3.63, 3.8) is 0 Å². The van der Waals surface area contributed by atoms with E-state index in [2.05, 4.69) is 20.8 Å². The van der Waals surface area contributed by atoms with E-state index in [9.17, 15) is 0 Å². The van der Waals surface area contributed by atoms with Crippen molar-refractivity contribution in [2.45, 2.75) is 65.7 Å². The second kappa shape index (κ2) is 4.89. The van der Waals surface area contributed by atoms with Gasteiger partial charge in [-0.3, -0.25) is 0 Å². The van der Waals surface area contributed by atoms with E-state index in [1.165, 1.54) is 32.1 Å². The molecule has 2 aliphatic rings. The van der Waals surface area contributed by atoms with E-state index in [0.717, 1.165) is 29.6 Å². The predicted octanol–water partition coefficient (Wildman–Crippen LogP) is 4.89. The highest BCUT2D eigenvalue weighted by Crippen LogP contribution is 2.44. The summed E-state index contributed by atoms with van der Waals surface area (Å²) in [6.07, 6.45) is 10.7. The van der Waals surface area contributed by atoms with Crippen LogP contribution in [0, 0.1) is 29.6 Å². The van der Waals surface area contributed by atoms with Gasteiger partial charge in [0.15, 0.2) is 0 Å². The molecule has 0 spiro atoms. The minimum Gasteiger partial charge on any atom is -0.0622 e. The Balaban J connectivity index is 1.92. The fourth-order valence-corrected chi connectivity index (χ4v) is 4.03. The zero-order valence-electron chi connectivity index (χ0n) is 10.8. The van der Waals surface area contributed by atoms with Gasteiger partial charge < -0.3 is 0 Å². The normalized spacial score (nSPS) is 44.2. The molecule has 0 N–H and O–H groups in total. The second-order valence-corrected chi connectivity index (χ2v) is 6.44. The maximum absolute atomic E-state index is 2.48. The zero-order chi connectivity index (χ0) is 10.8. The lowest BCUT2D eigenvalue weighted by Crippen LogP contribution is -2.32. The third kappa shape index (κ3) is 2.57. The molecular formula is C15H28. The number of rotatable bonds is 1. The van der Waals surface area contributed by atoms with Gasteiger partial charge in [-0.15, -0.1) is 0 Å². The van der Waals surface area contributed by atoms with Crippen LogP contribution in [0.25, 0.3) is 0 Å². The van der Waals surface area contributed by atoms with E-state index in [1.807, 2.05) is 0 Å². The van der Waals surface area contributed by atoms with Crippen molar-refractivity contribution >= 4 is 0 Å². The first-order valence-electron chi connectivity index (χ1n) is 7.18. The zero-order valence-corrected chi connectivity index (χ0v) is 10.8. The van der Waals surface area contributed by atoms with E-state index >= 15 is 0 Å². The molecule has 88 valence electrons. The Bertz CT molecular complexity index is 178. The molecule has 0 nitrogen and oxygen atoms in total. The van der Waals surface area contributed by atoms with Gasteiger partial charge in [-0.25, -0.2) is 0 Å². The largest absolute Gasteiger partial charge is 0.0622 e. The van der Waals surface area contributed by atoms with Crippen molar-refractivity contribution in [1.29, 1.82) is 0 Å². The Labute approximate surface area is 95.8 Å². The molecule has 2 unspecified atom stereocenters. The third-order valence-electron chi connectivity index (χ3n) is 5.46. The molecule has 2 fully saturated rings. The van der Waals surface area contributed by atoms with Crippen molar-refractivity contribution in [3.8, 4) is 0 Å². The van der Waals surface area contributed by atoms with Crippen LogP contribution in [0.5, 0.6) is 0 Å². The molecular weight excluding hydrogens is 180 g/mol. The summed E-state index contributed by atoms with van der Waals surface area (Å²) >= 11 is 0. The maximum Gasteiger partial charge on any atom is -0.0381 e. The Morgan fingerprint density at radius 3 is 1.73 bits per heavy atom. The van der Waals surface area contributed by atoms with Crippen LogP contribution in [-0.4, -0.2) is 0 Å². The average Bonchev–Trinajstić information content (AvgIpc) is 2.26. The monoisotopic (exact) mass is 208 g/mol. The van der Waals surface area contributed by atoms with Crippen LogP contribution >= 0.6 is 0 Å². The van der Waals surface area contributed by atoms with Gasteiger partial charge in [-0.1, -0.05) is 52.9 Å². The second-order valence-electron chi connectivity index (χ2n) is 6.44. The fourth-order valence-electron chi connectivity index (χ4n) is 4.03. The van der Waals surface area contributed by atoms with Crippen LogP contribution in [0.1, 0.15) is 65.7 Å². The van der Waals surface area contributed by atoms with E-state index in [1.54, 1.807) is 12.8 Å². The molecule has 0 aromatic heterocycles. The van der Waals surface area contributed by atoms with Gasteiger partial charge in [-0.2, -0.15) is 0 Å². The summed E-state index contributed by atoms with van der Waals surface area (Å²) in [5.41, 5.74) is 0. The lowest BCUT2D eigenvalue weighted by molar-refractivity contribution is 0.0873. The van der Waals surface area contributed by atoms with Gasteiger partial charge >= 0.3 is 0 Å². The van der Waals surface area contributed by atoms with Gasteiger partial charge in [0.2, 0.25) is 0 Å². The topological polar surface area (TPSA) is 0 Å². The number of hydrogen-bond donors (Lipinski definition) is 0. The first-order valence-corrected chi connectivity index (χ1v) is 7.18. The van der Waals surface area contributed by atoms with Crippen molar-refractivity contribution in [1.82, 2.24) is 0 Å². The Kier molecular flexibility index (Phi) is 3.74. The highest BCUT2D eigenvalue weighted by Gasteiger charge is 2.34. The van der Waals surface area contributed by atoms with Crippen molar-refractivity contribution in [3.05, 3.63) is 0 Å². The summed E-state index contributed by atoms with van der Waals surface area (Å²) in [6.45, 7) is 7.43. The Hall–Kier alpha value is 0. The summed E-state index contributed by atoms with van der Waals surface area (Å²) in [4.78, 5) is 0. The van der Waals surface area contributed by atoms with E-state index in [4.69, 9.17) is 0 Å². The molecule has 0 bridgehead atoms. The molecule has 0 aliphatic heterocycles. The van der Waals surface area contributed by atoms with Gasteiger partial charge in [0.1, 0.15) is 0 Å². The van der Waals surface area contributed by atoms with Crippen LogP contribution < -0.4 is 0 Å². The molecule has 0 aromatic rings. The molecule has 0 amide bonds. The first kappa shape index (κ1) is 11.5. The van der Waals surface area contributed by atoms with E-state index < -0.39 is 0 Å². The van der Waals surface area contributed by atoms with Gasteiger partial charge in [0, 0.05) is 0 Å². The van der Waals surface area contributed by atoms with Crippen molar-refractivity contribution < 1.29 is 0 Å². The smallest absolute Gasteiger partial charge is 0.0381 e. The van der Waals surface area contributed by atoms with Crippen molar-refractivity contribution in [2.75, 3.05) is 0 Å². The van der Waals surface area contributed by atoms with Gasteiger partial charge in [-0.05, 0) is 42.4 Å². The minimum atomic E-state index is 0.963. The quantitative estimate of drug-likeness (QED) is 0.576. The highest BCUT2D eigenvalue weighted by molar-refractivity contribution is 4.84. The van der Waals surface area contributed by atoms with Crippen LogP contribution in [0.3, 0.4) is 0 Å². The lowest BCUT2D eigenvalue weighted by atomic mass is 9.64. The Morgan fingerprint density at radius 2 is 1.20 bits per heavy atom. The van der Waals surface area contributed by atoms with Crippen LogP contribution in [0.4, 0.5) is 0 Å². The summed E-state index contributed by atoms with van der Waals surface area (Å²) in [6, 6.07) is 0. The molecule has 15 heavy (non-hydrogen) atoms. The predicted molar refractivity (Wildman–Crippen MR) is 66.8 cm³/mol. The summed E-state index contributed by atoms with van der Waals surface area (Å²) < 4.78 is 0. The Morgan fingerprint density at radius 1 is 0.667 bits per heavy atom. The maximum atomic E-state index is 2.48. The molecule has 0 aromatic carbocycles. The molecule has 0 radical (unpaired) electrons. The molecule has 0 heteroatoms. The third-order valence-corrected chi connectivity index (χ3v) is 5.46. The molecule has 2 saturated carbocycles. The fraction of sp³-hybridized carbons (Fsp3) is 1.00. The molecule has 0 saturated heterocycles. The molecule has 2 aliphatic carbocycles. The van der Waals surface area contributed by atoms with Crippen LogP contribution in [0.15, 0.2) is 0 Å². The molecule has 2 atom stereocenters. The minimum absolute atomic E-state index is 0.963. The van der Waals surface area contributed by atoms with Crippen LogP contribution in [0.2, 0.25) is 0 Å². The molecule has 0 heterocycles. The van der Waals surface area contributed by atoms with Crippen LogP contribution in [-0.2, 0) is 0 Å². The number of hydrogen-bond acceptors (Lipinski definition) is 0. The van der Waals surface area contributed by atoms with E-state index in [0.29, 0.717) is 0 Å². The molecule has 2 rings (SSSR count). The summed E-state index contributed by atoms with van der Waals surface area (Å²) in [7, 11) is 0. The van der Waals surface area contributed by atoms with Gasteiger partial charge in [0.25, 0.3) is 0 Å².